The van der Waals surface area contributed by atoms with Crippen molar-refractivity contribution >= 4 is 5.97 Å². The van der Waals surface area contributed by atoms with E-state index in [0.29, 0.717) is 12.5 Å². The Balaban J connectivity index is 3.19. The highest BCUT2D eigenvalue weighted by Gasteiger charge is 1.96. The predicted octanol–water partition coefficient (Wildman–Crippen LogP) is 1.76. The number of hydrogen-bond donors (Lipinski definition) is 0. The zero-order valence-corrected chi connectivity index (χ0v) is 6.59. The van der Waals surface area contributed by atoms with Crippen LogP contribution in [-0.4, -0.2) is 12.6 Å². The van der Waals surface area contributed by atoms with Crippen LogP contribution in [0.3, 0.4) is 0 Å². The zero-order chi connectivity index (χ0) is 7.98. The first-order chi connectivity index (χ1) is 4.66. The average molecular weight is 142 g/mol. The van der Waals surface area contributed by atoms with E-state index in [1.54, 1.807) is 0 Å². The van der Waals surface area contributed by atoms with E-state index in [1.807, 2.05) is 13.0 Å². The van der Waals surface area contributed by atoms with Gasteiger partial charge in [-0.15, -0.1) is 6.58 Å². The van der Waals surface area contributed by atoms with E-state index in [2.05, 4.69) is 6.58 Å². The van der Waals surface area contributed by atoms with Gasteiger partial charge in [0.2, 0.25) is 0 Å². The summed E-state index contributed by atoms with van der Waals surface area (Å²) in [6.07, 6.45) is 2.71. The smallest absolute Gasteiger partial charge is 0.302 e. The fraction of sp³-hybridized carbons (Fsp3) is 0.625. The van der Waals surface area contributed by atoms with Gasteiger partial charge in [0.15, 0.2) is 0 Å². The second-order valence-electron chi connectivity index (χ2n) is 2.34. The average Bonchev–Trinajstić information content (AvgIpc) is 1.87. The summed E-state index contributed by atoms with van der Waals surface area (Å²) < 4.78 is 4.73. The van der Waals surface area contributed by atoms with Gasteiger partial charge in [-0.05, 0) is 12.3 Å². The molecular weight excluding hydrogens is 128 g/mol. The van der Waals surface area contributed by atoms with E-state index in [9.17, 15) is 4.79 Å². The van der Waals surface area contributed by atoms with Crippen LogP contribution in [0.2, 0.25) is 0 Å². The maximum atomic E-state index is 10.3. The summed E-state index contributed by atoms with van der Waals surface area (Å²) in [5.74, 6) is 0.218. The summed E-state index contributed by atoms with van der Waals surface area (Å²) in [4.78, 5) is 10.3. The maximum absolute atomic E-state index is 10.3. The highest BCUT2D eigenvalue weighted by atomic mass is 16.5. The highest BCUT2D eigenvalue weighted by molar-refractivity contribution is 5.65. The van der Waals surface area contributed by atoms with Crippen molar-refractivity contribution in [2.75, 3.05) is 6.61 Å². The minimum atomic E-state index is -0.212. The number of allylic oxidation sites excluding steroid dienone is 1. The standard InChI is InChI=1S/C8H14O2/c1-4-7(2)5-6-10-8(3)9/h4,7H,1,5-6H2,2-3H3. The summed E-state index contributed by atoms with van der Waals surface area (Å²) >= 11 is 0. The van der Waals surface area contributed by atoms with Gasteiger partial charge in [-0.1, -0.05) is 13.0 Å². The van der Waals surface area contributed by atoms with Crippen LogP contribution in [0.15, 0.2) is 12.7 Å². The van der Waals surface area contributed by atoms with Crippen molar-refractivity contribution in [3.8, 4) is 0 Å². The maximum Gasteiger partial charge on any atom is 0.302 e. The Hall–Kier alpha value is -0.790. The Labute approximate surface area is 61.9 Å². The minimum absolute atomic E-state index is 0.212. The van der Waals surface area contributed by atoms with Gasteiger partial charge in [0.25, 0.3) is 0 Å². The first-order valence-electron chi connectivity index (χ1n) is 3.42. The molecule has 0 aliphatic heterocycles. The third kappa shape index (κ3) is 5.35. The van der Waals surface area contributed by atoms with Gasteiger partial charge in [-0.25, -0.2) is 0 Å². The van der Waals surface area contributed by atoms with Gasteiger partial charge in [0, 0.05) is 6.92 Å². The third-order valence-electron chi connectivity index (χ3n) is 1.28. The lowest BCUT2D eigenvalue weighted by Gasteiger charge is -2.04. The molecule has 2 heteroatoms. The number of rotatable bonds is 4. The van der Waals surface area contributed by atoms with E-state index in [1.165, 1.54) is 6.92 Å². The molecule has 0 spiro atoms. The van der Waals surface area contributed by atoms with Crippen LogP contribution in [0.5, 0.6) is 0 Å². The Bertz CT molecular complexity index is 118. The Morgan fingerprint density at radius 3 is 2.80 bits per heavy atom. The number of ether oxygens (including phenoxy) is 1. The summed E-state index contributed by atoms with van der Waals surface area (Å²) in [5, 5.41) is 0. The molecule has 0 aliphatic rings. The normalized spacial score (nSPS) is 12.2. The molecule has 1 atom stereocenters. The SMILES string of the molecule is C=CC(C)CCOC(C)=O. The molecule has 0 aliphatic carbocycles. The molecule has 0 radical (unpaired) electrons. The summed E-state index contributed by atoms with van der Waals surface area (Å²) in [6, 6.07) is 0. The molecular formula is C8H14O2. The molecule has 0 heterocycles. The molecule has 0 aromatic carbocycles. The van der Waals surface area contributed by atoms with Crippen LogP contribution in [0, 0.1) is 5.92 Å². The van der Waals surface area contributed by atoms with E-state index >= 15 is 0 Å². The molecule has 0 bridgehead atoms. The van der Waals surface area contributed by atoms with Crippen LogP contribution in [-0.2, 0) is 9.53 Å². The van der Waals surface area contributed by atoms with Crippen molar-refractivity contribution in [1.29, 1.82) is 0 Å². The van der Waals surface area contributed by atoms with E-state index in [-0.39, 0.29) is 5.97 Å². The van der Waals surface area contributed by atoms with Crippen LogP contribution in [0.25, 0.3) is 0 Å². The Kier molecular flexibility index (Phi) is 4.63. The van der Waals surface area contributed by atoms with Crippen molar-refractivity contribution in [3.63, 3.8) is 0 Å². The number of carbonyl (C=O) groups is 1. The van der Waals surface area contributed by atoms with Crippen LogP contribution in [0.1, 0.15) is 20.3 Å². The topological polar surface area (TPSA) is 26.3 Å². The van der Waals surface area contributed by atoms with Crippen molar-refractivity contribution in [3.05, 3.63) is 12.7 Å². The van der Waals surface area contributed by atoms with Gasteiger partial charge in [0.05, 0.1) is 6.61 Å². The second kappa shape index (κ2) is 5.03. The number of carbonyl (C=O) groups excluding carboxylic acids is 1. The molecule has 0 saturated heterocycles. The monoisotopic (exact) mass is 142 g/mol. The van der Waals surface area contributed by atoms with E-state index in [4.69, 9.17) is 4.74 Å². The lowest BCUT2D eigenvalue weighted by molar-refractivity contribution is -0.141. The van der Waals surface area contributed by atoms with Crippen LogP contribution < -0.4 is 0 Å². The van der Waals surface area contributed by atoms with Crippen molar-refractivity contribution in [1.82, 2.24) is 0 Å². The Morgan fingerprint density at radius 1 is 1.80 bits per heavy atom. The molecule has 0 amide bonds. The predicted molar refractivity (Wildman–Crippen MR) is 40.6 cm³/mol. The van der Waals surface area contributed by atoms with Crippen LogP contribution in [0.4, 0.5) is 0 Å². The molecule has 0 rings (SSSR count). The van der Waals surface area contributed by atoms with Gasteiger partial charge in [0.1, 0.15) is 0 Å². The minimum Gasteiger partial charge on any atom is -0.466 e. The van der Waals surface area contributed by atoms with Crippen molar-refractivity contribution in [2.45, 2.75) is 20.3 Å². The van der Waals surface area contributed by atoms with E-state index in [0.717, 1.165) is 6.42 Å². The summed E-state index contributed by atoms with van der Waals surface area (Å²) in [5.41, 5.74) is 0. The largest absolute Gasteiger partial charge is 0.466 e. The molecule has 0 saturated carbocycles. The van der Waals surface area contributed by atoms with Crippen molar-refractivity contribution in [2.24, 2.45) is 5.92 Å². The number of esters is 1. The molecule has 2 nitrogen and oxygen atoms in total. The van der Waals surface area contributed by atoms with Gasteiger partial charge < -0.3 is 4.74 Å². The second-order valence-corrected chi connectivity index (χ2v) is 2.34. The zero-order valence-electron chi connectivity index (χ0n) is 6.59. The lowest BCUT2D eigenvalue weighted by Crippen LogP contribution is -2.03. The number of hydrogen-bond acceptors (Lipinski definition) is 2. The molecule has 0 aromatic heterocycles. The first kappa shape index (κ1) is 9.21. The van der Waals surface area contributed by atoms with Gasteiger partial charge >= 0.3 is 5.97 Å². The summed E-state index contributed by atoms with van der Waals surface area (Å²) in [6.45, 7) is 7.57. The molecule has 10 heavy (non-hydrogen) atoms. The van der Waals surface area contributed by atoms with Crippen LogP contribution >= 0.6 is 0 Å². The Morgan fingerprint density at radius 2 is 2.40 bits per heavy atom. The fourth-order valence-electron chi connectivity index (χ4n) is 0.506. The first-order valence-corrected chi connectivity index (χ1v) is 3.42. The molecule has 0 aromatic rings. The van der Waals surface area contributed by atoms with E-state index < -0.39 is 0 Å². The molecule has 0 fully saturated rings. The fourth-order valence-corrected chi connectivity index (χ4v) is 0.506. The van der Waals surface area contributed by atoms with Gasteiger partial charge in [-0.2, -0.15) is 0 Å². The highest BCUT2D eigenvalue weighted by Crippen LogP contribution is 2.01. The quantitative estimate of drug-likeness (QED) is 0.441. The summed E-state index contributed by atoms with van der Waals surface area (Å²) in [7, 11) is 0. The molecule has 0 N–H and O–H groups in total. The lowest BCUT2D eigenvalue weighted by atomic mass is 10.1. The van der Waals surface area contributed by atoms with Gasteiger partial charge in [-0.3, -0.25) is 4.79 Å². The molecule has 58 valence electrons. The van der Waals surface area contributed by atoms with Crippen molar-refractivity contribution < 1.29 is 9.53 Å². The molecule has 1 unspecified atom stereocenters. The third-order valence-corrected chi connectivity index (χ3v) is 1.28.